The van der Waals surface area contributed by atoms with Gasteiger partial charge in [0, 0.05) is 23.4 Å². The van der Waals surface area contributed by atoms with Gasteiger partial charge in [0.2, 0.25) is 11.8 Å². The maximum atomic E-state index is 13.7. The van der Waals surface area contributed by atoms with E-state index < -0.39 is 42.1 Å². The van der Waals surface area contributed by atoms with E-state index in [-0.39, 0.29) is 23.4 Å². The van der Waals surface area contributed by atoms with Crippen LogP contribution < -0.4 is 16.0 Å². The van der Waals surface area contributed by atoms with Crippen LogP contribution in [0.5, 0.6) is 0 Å². The Labute approximate surface area is 191 Å². The molecule has 0 bridgehead atoms. The van der Waals surface area contributed by atoms with E-state index in [9.17, 15) is 23.6 Å². The Kier molecular flexibility index (Phi) is 9.38. The summed E-state index contributed by atoms with van der Waals surface area (Å²) in [5.74, 6) is -2.08. The van der Waals surface area contributed by atoms with E-state index >= 15 is 0 Å². The van der Waals surface area contributed by atoms with Crippen LogP contribution in [-0.2, 0) is 19.1 Å². The number of amides is 3. The highest BCUT2D eigenvalue weighted by Gasteiger charge is 2.31. The zero-order chi connectivity index (χ0) is 24.5. The van der Waals surface area contributed by atoms with Crippen molar-refractivity contribution in [2.24, 2.45) is 11.8 Å². The molecule has 2 aromatic rings. The molecule has 1 aromatic carbocycles. The molecule has 4 N–H and O–H groups in total. The number of H-pyrrole nitrogens is 1. The minimum Gasteiger partial charge on any atom is -0.467 e. The van der Waals surface area contributed by atoms with Gasteiger partial charge in [-0.1, -0.05) is 26.8 Å². The lowest BCUT2D eigenvalue weighted by Crippen LogP contribution is -2.47. The average Bonchev–Trinajstić information content (AvgIpc) is 3.37. The molecule has 9 nitrogen and oxygen atoms in total. The summed E-state index contributed by atoms with van der Waals surface area (Å²) >= 11 is 0. The van der Waals surface area contributed by atoms with Crippen LogP contribution in [0.3, 0.4) is 0 Å². The predicted molar refractivity (Wildman–Crippen MR) is 121 cm³/mol. The standard InChI is InChI=1S/C19H21FN4O5.C4H10/c1-29-19(28)15(7-10-5-6-21-17(10)26)24-16(25)9-22-18(27)14-8-11-12(20)3-2-4-13(11)23-14;1-4(2)3/h2-4,8,10,15,23H,5-7,9H2,1H3,(H,21,26)(H,22,27)(H,24,25);4H,1-3H3. The highest BCUT2D eigenvalue weighted by molar-refractivity contribution is 5.99. The molecule has 3 rings (SSSR count). The number of nitrogens with one attached hydrogen (secondary N) is 4. The van der Waals surface area contributed by atoms with Gasteiger partial charge in [-0.25, -0.2) is 9.18 Å². The minimum atomic E-state index is -1.000. The second kappa shape index (κ2) is 12.0. The molecule has 0 aliphatic carbocycles. The smallest absolute Gasteiger partial charge is 0.328 e. The van der Waals surface area contributed by atoms with Gasteiger partial charge in [-0.2, -0.15) is 0 Å². The van der Waals surface area contributed by atoms with Crippen LogP contribution >= 0.6 is 0 Å². The van der Waals surface area contributed by atoms with Gasteiger partial charge in [-0.15, -0.1) is 0 Å². The Bertz CT molecular complexity index is 1000. The number of aromatic amines is 1. The van der Waals surface area contributed by atoms with Crippen molar-refractivity contribution in [2.75, 3.05) is 20.2 Å². The van der Waals surface area contributed by atoms with Crippen LogP contribution in [0.15, 0.2) is 24.3 Å². The molecule has 10 heteroatoms. The Morgan fingerprint density at radius 3 is 2.52 bits per heavy atom. The predicted octanol–water partition coefficient (Wildman–Crippen LogP) is 1.88. The van der Waals surface area contributed by atoms with Gasteiger partial charge in [0.05, 0.1) is 13.7 Å². The lowest BCUT2D eigenvalue weighted by molar-refractivity contribution is -0.145. The molecule has 0 spiro atoms. The number of carbonyl (C=O) groups excluding carboxylic acids is 4. The molecule has 33 heavy (non-hydrogen) atoms. The van der Waals surface area contributed by atoms with E-state index in [2.05, 4.69) is 46.4 Å². The van der Waals surface area contributed by atoms with Crippen LogP contribution in [0.25, 0.3) is 10.9 Å². The van der Waals surface area contributed by atoms with Crippen LogP contribution in [0.1, 0.15) is 44.1 Å². The Hall–Kier alpha value is -3.43. The van der Waals surface area contributed by atoms with Gasteiger partial charge < -0.3 is 25.7 Å². The normalized spacial score (nSPS) is 15.9. The Balaban J connectivity index is 0.000000890. The molecular formula is C23H31FN4O5. The molecule has 1 aromatic heterocycles. The molecule has 1 aliphatic rings. The van der Waals surface area contributed by atoms with E-state index in [1.165, 1.54) is 25.3 Å². The van der Waals surface area contributed by atoms with Crippen molar-refractivity contribution in [3.63, 3.8) is 0 Å². The summed E-state index contributed by atoms with van der Waals surface area (Å²) in [6.07, 6.45) is 0.676. The van der Waals surface area contributed by atoms with Crippen LogP contribution in [0.4, 0.5) is 4.39 Å². The lowest BCUT2D eigenvalue weighted by Gasteiger charge is -2.18. The molecule has 2 heterocycles. The van der Waals surface area contributed by atoms with Crippen LogP contribution in [0, 0.1) is 17.7 Å². The lowest BCUT2D eigenvalue weighted by atomic mass is 9.98. The van der Waals surface area contributed by atoms with E-state index in [0.717, 1.165) is 5.92 Å². The van der Waals surface area contributed by atoms with Crippen molar-refractivity contribution in [3.8, 4) is 0 Å². The number of rotatable bonds is 7. The highest BCUT2D eigenvalue weighted by Crippen LogP contribution is 2.19. The molecule has 0 saturated carbocycles. The fourth-order valence-corrected chi connectivity index (χ4v) is 3.25. The molecule has 180 valence electrons. The SMILES string of the molecule is CC(C)C.COC(=O)C(CC1CCNC1=O)NC(=O)CNC(=O)c1cc2c(F)cccc2[nH]1. The molecule has 2 atom stereocenters. The maximum absolute atomic E-state index is 13.7. The van der Waals surface area contributed by atoms with Crippen molar-refractivity contribution < 1.29 is 28.3 Å². The number of carbonyl (C=O) groups is 4. The van der Waals surface area contributed by atoms with E-state index in [1.54, 1.807) is 6.07 Å². The van der Waals surface area contributed by atoms with Gasteiger partial charge in [-0.3, -0.25) is 14.4 Å². The summed E-state index contributed by atoms with van der Waals surface area (Å²) in [6.45, 7) is 6.62. The van der Waals surface area contributed by atoms with Crippen molar-refractivity contribution in [3.05, 3.63) is 35.8 Å². The molecule has 1 fully saturated rings. The number of benzene rings is 1. The van der Waals surface area contributed by atoms with Gasteiger partial charge in [-0.05, 0) is 37.0 Å². The fraction of sp³-hybridized carbons (Fsp3) is 0.478. The highest BCUT2D eigenvalue weighted by atomic mass is 19.1. The van der Waals surface area contributed by atoms with Crippen molar-refractivity contribution >= 4 is 34.6 Å². The maximum Gasteiger partial charge on any atom is 0.328 e. The quantitative estimate of drug-likeness (QED) is 0.467. The molecular weight excluding hydrogens is 431 g/mol. The number of esters is 1. The molecule has 3 amide bonds. The van der Waals surface area contributed by atoms with Gasteiger partial charge in [0.25, 0.3) is 5.91 Å². The van der Waals surface area contributed by atoms with Crippen LogP contribution in [-0.4, -0.2) is 54.9 Å². The van der Waals surface area contributed by atoms with Crippen molar-refractivity contribution in [1.29, 1.82) is 0 Å². The van der Waals surface area contributed by atoms with E-state index in [1.807, 2.05) is 0 Å². The third-order valence-corrected chi connectivity index (χ3v) is 4.77. The summed E-state index contributed by atoms with van der Waals surface area (Å²) in [5.41, 5.74) is 0.560. The minimum absolute atomic E-state index is 0.102. The summed E-state index contributed by atoms with van der Waals surface area (Å²) in [5, 5.41) is 7.82. The molecule has 1 aliphatic heterocycles. The third kappa shape index (κ3) is 7.58. The van der Waals surface area contributed by atoms with Gasteiger partial charge in [0.1, 0.15) is 17.6 Å². The number of aromatic nitrogens is 1. The number of hydrogen-bond acceptors (Lipinski definition) is 5. The van der Waals surface area contributed by atoms with E-state index in [4.69, 9.17) is 0 Å². The van der Waals surface area contributed by atoms with Crippen molar-refractivity contribution in [1.82, 2.24) is 20.9 Å². The largest absolute Gasteiger partial charge is 0.467 e. The number of ether oxygens (including phenoxy) is 1. The summed E-state index contributed by atoms with van der Waals surface area (Å²) in [4.78, 5) is 50.9. The zero-order valence-electron chi connectivity index (χ0n) is 19.3. The van der Waals surface area contributed by atoms with E-state index in [0.29, 0.717) is 18.5 Å². The van der Waals surface area contributed by atoms with Crippen LogP contribution in [0.2, 0.25) is 0 Å². The van der Waals surface area contributed by atoms with Gasteiger partial charge in [0.15, 0.2) is 0 Å². The number of fused-ring (bicyclic) bond motifs is 1. The Morgan fingerprint density at radius 1 is 1.24 bits per heavy atom. The number of halogens is 1. The topological polar surface area (TPSA) is 129 Å². The molecule has 0 radical (unpaired) electrons. The Morgan fingerprint density at radius 2 is 1.94 bits per heavy atom. The monoisotopic (exact) mass is 462 g/mol. The summed E-state index contributed by atoms with van der Waals surface area (Å²) in [6, 6.07) is 4.78. The first-order chi connectivity index (χ1) is 15.6. The third-order valence-electron chi connectivity index (χ3n) is 4.77. The molecule has 2 unspecified atom stereocenters. The van der Waals surface area contributed by atoms with Gasteiger partial charge >= 0.3 is 5.97 Å². The average molecular weight is 463 g/mol. The molecule has 1 saturated heterocycles. The first-order valence-electron chi connectivity index (χ1n) is 10.8. The summed E-state index contributed by atoms with van der Waals surface area (Å²) < 4.78 is 18.4. The summed E-state index contributed by atoms with van der Waals surface area (Å²) in [7, 11) is 1.19. The first-order valence-corrected chi connectivity index (χ1v) is 10.8. The second-order valence-electron chi connectivity index (χ2n) is 8.45. The van der Waals surface area contributed by atoms with Crippen molar-refractivity contribution in [2.45, 2.75) is 39.7 Å². The zero-order valence-corrected chi connectivity index (χ0v) is 19.3. The number of methoxy groups -OCH3 is 1. The number of hydrogen-bond donors (Lipinski definition) is 4. The fourth-order valence-electron chi connectivity index (χ4n) is 3.25. The second-order valence-corrected chi connectivity index (χ2v) is 8.45. The first kappa shape index (κ1) is 25.8.